The predicted molar refractivity (Wildman–Crippen MR) is 28.5 cm³/mol. The van der Waals surface area contributed by atoms with Crippen molar-refractivity contribution in [1.29, 1.82) is 0 Å². The largest absolute Gasteiger partial charge is 0.473 e. The summed E-state index contributed by atoms with van der Waals surface area (Å²) in [6.07, 6.45) is 7.40. The molecule has 0 unspecified atom stereocenters. The first-order chi connectivity index (χ1) is 3.39. The van der Waals surface area contributed by atoms with E-state index >= 15 is 0 Å². The van der Waals surface area contributed by atoms with Crippen LogP contribution in [0.4, 0.5) is 0 Å². The first-order valence-electron chi connectivity index (χ1n) is 2.38. The average Bonchev–Trinajstić information content (AvgIpc) is 1.69. The normalized spacial score (nSPS) is 19.6. The molecule has 0 atom stereocenters. The summed E-state index contributed by atoms with van der Waals surface area (Å²) in [4.78, 5) is 0. The van der Waals surface area contributed by atoms with Crippen molar-refractivity contribution in [3.63, 3.8) is 0 Å². The average molecular weight is 96.1 g/mol. The zero-order valence-electron chi connectivity index (χ0n) is 4.29. The fourth-order valence-electron chi connectivity index (χ4n) is 0.448. The zero-order valence-corrected chi connectivity index (χ0v) is 4.29. The van der Waals surface area contributed by atoms with Gasteiger partial charge in [-0.15, -0.1) is 0 Å². The van der Waals surface area contributed by atoms with Gasteiger partial charge < -0.3 is 4.74 Å². The molecule has 0 aliphatic carbocycles. The van der Waals surface area contributed by atoms with Crippen LogP contribution in [0, 0.1) is 5.92 Å². The van der Waals surface area contributed by atoms with E-state index in [1.165, 1.54) is 0 Å². The minimum atomic E-state index is 0.550. The van der Waals surface area contributed by atoms with Crippen molar-refractivity contribution in [3.8, 4) is 0 Å². The predicted octanol–water partition coefficient (Wildman–Crippen LogP) is 1.68. The molecule has 0 aromatic carbocycles. The molecule has 1 heteroatoms. The molecule has 0 bridgehead atoms. The molecule has 7 heavy (non-hydrogen) atoms. The molecular weight excluding hydrogens is 88.1 g/mol. The van der Waals surface area contributed by atoms with E-state index in [-0.39, 0.29) is 0 Å². The summed E-state index contributed by atoms with van der Waals surface area (Å²) < 4.78 is 4.78. The molecule has 1 nitrogen and oxygen atoms in total. The van der Waals surface area contributed by atoms with Gasteiger partial charge in [0.05, 0.1) is 12.5 Å². The highest BCUT2D eigenvalue weighted by atomic mass is 16.5. The number of rotatable bonds is 0. The Balaban J connectivity index is 2.49. The van der Waals surface area contributed by atoms with Crippen LogP contribution in [-0.4, -0.2) is 0 Å². The molecule has 0 saturated heterocycles. The summed E-state index contributed by atoms with van der Waals surface area (Å²) >= 11 is 0. The van der Waals surface area contributed by atoms with Crippen LogP contribution in [0.1, 0.15) is 6.92 Å². The van der Waals surface area contributed by atoms with Gasteiger partial charge in [0.15, 0.2) is 0 Å². The van der Waals surface area contributed by atoms with Crippen LogP contribution in [0.3, 0.4) is 0 Å². The van der Waals surface area contributed by atoms with Crippen molar-refractivity contribution in [2.75, 3.05) is 0 Å². The number of ether oxygens (including phenoxy) is 1. The molecular formula is C6H8O. The molecule has 1 aliphatic heterocycles. The molecule has 1 rings (SSSR count). The summed E-state index contributed by atoms with van der Waals surface area (Å²) in [6, 6.07) is 0. The Morgan fingerprint density at radius 2 is 1.86 bits per heavy atom. The van der Waals surface area contributed by atoms with Gasteiger partial charge in [0.2, 0.25) is 0 Å². The van der Waals surface area contributed by atoms with Gasteiger partial charge >= 0.3 is 0 Å². The van der Waals surface area contributed by atoms with Crippen LogP contribution in [0.2, 0.25) is 0 Å². The second-order valence-corrected chi connectivity index (χ2v) is 1.65. The quantitative estimate of drug-likeness (QED) is 0.445. The molecule has 0 fully saturated rings. The molecule has 0 aromatic rings. The highest BCUT2D eigenvalue weighted by molar-refractivity contribution is 4.98. The number of allylic oxidation sites excluding steroid dienone is 2. The lowest BCUT2D eigenvalue weighted by atomic mass is 10.2. The summed E-state index contributed by atoms with van der Waals surface area (Å²) in [6.45, 7) is 2.11. The fraction of sp³-hybridized carbons (Fsp3) is 0.333. The molecule has 0 saturated carbocycles. The minimum absolute atomic E-state index is 0.550. The second kappa shape index (κ2) is 1.82. The minimum Gasteiger partial charge on any atom is -0.473 e. The van der Waals surface area contributed by atoms with E-state index < -0.39 is 0 Å². The number of hydrogen-bond donors (Lipinski definition) is 0. The van der Waals surface area contributed by atoms with Crippen molar-refractivity contribution in [1.82, 2.24) is 0 Å². The van der Waals surface area contributed by atoms with E-state index in [9.17, 15) is 0 Å². The topological polar surface area (TPSA) is 9.23 Å². The molecule has 0 spiro atoms. The van der Waals surface area contributed by atoms with Crippen LogP contribution < -0.4 is 0 Å². The van der Waals surface area contributed by atoms with Gasteiger partial charge in [0, 0.05) is 0 Å². The Hall–Kier alpha value is -0.720. The highest BCUT2D eigenvalue weighted by Crippen LogP contribution is 2.03. The number of hydrogen-bond acceptors (Lipinski definition) is 1. The smallest absolute Gasteiger partial charge is 0.0867 e. The van der Waals surface area contributed by atoms with Gasteiger partial charge in [-0.25, -0.2) is 0 Å². The Kier molecular flexibility index (Phi) is 1.16. The Labute approximate surface area is 43.3 Å². The first-order valence-corrected chi connectivity index (χ1v) is 2.38. The van der Waals surface area contributed by atoms with Crippen molar-refractivity contribution in [2.45, 2.75) is 6.92 Å². The van der Waals surface area contributed by atoms with Crippen LogP contribution in [0.5, 0.6) is 0 Å². The van der Waals surface area contributed by atoms with E-state index in [1.807, 2.05) is 12.2 Å². The molecule has 0 aromatic heterocycles. The van der Waals surface area contributed by atoms with Crippen LogP contribution in [0.15, 0.2) is 24.7 Å². The SMILES string of the molecule is CC1C=COC=C1. The second-order valence-electron chi connectivity index (χ2n) is 1.65. The third kappa shape index (κ3) is 1.07. The van der Waals surface area contributed by atoms with Gasteiger partial charge in [-0.05, 0) is 18.1 Å². The van der Waals surface area contributed by atoms with E-state index in [0.717, 1.165) is 0 Å². The summed E-state index contributed by atoms with van der Waals surface area (Å²) in [7, 11) is 0. The van der Waals surface area contributed by atoms with Crippen molar-refractivity contribution in [2.24, 2.45) is 5.92 Å². The maximum absolute atomic E-state index is 4.78. The molecule has 0 amide bonds. The highest BCUT2D eigenvalue weighted by Gasteiger charge is 1.91. The van der Waals surface area contributed by atoms with E-state index in [2.05, 4.69) is 6.92 Å². The monoisotopic (exact) mass is 96.1 g/mol. The van der Waals surface area contributed by atoms with Gasteiger partial charge in [-0.2, -0.15) is 0 Å². The van der Waals surface area contributed by atoms with Crippen LogP contribution in [-0.2, 0) is 4.74 Å². The Bertz CT molecular complexity index is 90.7. The van der Waals surface area contributed by atoms with E-state index in [4.69, 9.17) is 4.74 Å². The standard InChI is InChI=1S/C6H8O/c1-6-2-4-7-5-3-6/h2-6H,1H3. The van der Waals surface area contributed by atoms with Crippen molar-refractivity contribution >= 4 is 0 Å². The van der Waals surface area contributed by atoms with Crippen LogP contribution >= 0.6 is 0 Å². The summed E-state index contributed by atoms with van der Waals surface area (Å²) in [5, 5.41) is 0. The van der Waals surface area contributed by atoms with Gasteiger partial charge in [0.25, 0.3) is 0 Å². The van der Waals surface area contributed by atoms with E-state index in [1.54, 1.807) is 12.5 Å². The molecule has 0 radical (unpaired) electrons. The lowest BCUT2D eigenvalue weighted by molar-refractivity contribution is 0.386. The lowest BCUT2D eigenvalue weighted by Gasteiger charge is -2.01. The van der Waals surface area contributed by atoms with Gasteiger partial charge in [0.1, 0.15) is 0 Å². The van der Waals surface area contributed by atoms with Crippen molar-refractivity contribution < 1.29 is 4.74 Å². The first kappa shape index (κ1) is 4.44. The van der Waals surface area contributed by atoms with Gasteiger partial charge in [-0.3, -0.25) is 0 Å². The third-order valence-electron chi connectivity index (χ3n) is 0.921. The maximum atomic E-state index is 4.78. The van der Waals surface area contributed by atoms with Crippen LogP contribution in [0.25, 0.3) is 0 Å². The molecule has 1 heterocycles. The fourth-order valence-corrected chi connectivity index (χ4v) is 0.448. The molecule has 1 aliphatic rings. The Morgan fingerprint density at radius 3 is 2.14 bits per heavy atom. The molecule has 0 N–H and O–H groups in total. The van der Waals surface area contributed by atoms with Crippen molar-refractivity contribution in [3.05, 3.63) is 24.7 Å². The van der Waals surface area contributed by atoms with E-state index in [0.29, 0.717) is 5.92 Å². The zero-order chi connectivity index (χ0) is 5.11. The summed E-state index contributed by atoms with van der Waals surface area (Å²) in [5.74, 6) is 0.550. The molecule has 38 valence electrons. The lowest BCUT2D eigenvalue weighted by Crippen LogP contribution is -1.86. The summed E-state index contributed by atoms with van der Waals surface area (Å²) in [5.41, 5.74) is 0. The maximum Gasteiger partial charge on any atom is 0.0867 e. The Morgan fingerprint density at radius 1 is 1.29 bits per heavy atom. The van der Waals surface area contributed by atoms with Gasteiger partial charge in [-0.1, -0.05) is 6.92 Å². The third-order valence-corrected chi connectivity index (χ3v) is 0.921.